The van der Waals surface area contributed by atoms with Crippen LogP contribution in [0.25, 0.3) is 22.5 Å². The monoisotopic (exact) mass is 481 g/mol. The van der Waals surface area contributed by atoms with E-state index in [-0.39, 0.29) is 23.6 Å². The summed E-state index contributed by atoms with van der Waals surface area (Å²) in [5.74, 6) is -0.181. The number of carbonyl (C=O) groups excluding carboxylic acids is 2. The first-order valence-electron chi connectivity index (χ1n) is 11.3. The maximum atomic E-state index is 14.0. The minimum atomic E-state index is -0.601. The van der Waals surface area contributed by atoms with Crippen LogP contribution in [0.4, 0.5) is 5.69 Å². The topological polar surface area (TPSA) is 97.5 Å². The Morgan fingerprint density at radius 3 is 2.36 bits per heavy atom. The average molecular weight is 481 g/mol. The molecule has 2 aromatic carbocycles. The largest absolute Gasteiger partial charge is 0.454 e. The summed E-state index contributed by atoms with van der Waals surface area (Å²) < 4.78 is 13.7. The number of carbonyl (C=O) groups is 2. The Morgan fingerprint density at radius 2 is 1.61 bits per heavy atom. The lowest BCUT2D eigenvalue weighted by atomic mass is 10.0. The minimum absolute atomic E-state index is 0.0206. The molecule has 2 aliphatic rings. The second-order valence-corrected chi connectivity index (χ2v) is 8.58. The SMILES string of the molecule is Cc1cc[n+](C2=C(c3c(-c4ccccc4)[nH]n(C)c3=O)C(=O)N(c3ccc4c(c3)OCO4)C2=O)cc1. The zero-order chi connectivity index (χ0) is 25.0. The summed E-state index contributed by atoms with van der Waals surface area (Å²) in [4.78, 5) is 42.4. The Bertz CT molecular complexity index is 1630. The zero-order valence-corrected chi connectivity index (χ0v) is 19.5. The molecule has 0 spiro atoms. The van der Waals surface area contributed by atoms with Gasteiger partial charge >= 0.3 is 5.91 Å². The van der Waals surface area contributed by atoms with Gasteiger partial charge in [0.15, 0.2) is 23.9 Å². The van der Waals surface area contributed by atoms with E-state index in [1.54, 1.807) is 42.2 Å². The lowest BCUT2D eigenvalue weighted by Crippen LogP contribution is -2.39. The first-order chi connectivity index (χ1) is 17.4. The fraction of sp³-hybridized carbons (Fsp3) is 0.111. The number of nitrogens with one attached hydrogen (secondary N) is 1. The molecule has 0 saturated carbocycles. The van der Waals surface area contributed by atoms with Crippen molar-refractivity contribution in [2.45, 2.75) is 6.92 Å². The van der Waals surface area contributed by atoms with Gasteiger partial charge in [-0.2, -0.15) is 4.57 Å². The number of aromatic nitrogens is 3. The van der Waals surface area contributed by atoms with E-state index >= 15 is 0 Å². The number of pyridine rings is 1. The van der Waals surface area contributed by atoms with Gasteiger partial charge in [-0.25, -0.2) is 4.90 Å². The predicted molar refractivity (Wildman–Crippen MR) is 131 cm³/mol. The van der Waals surface area contributed by atoms with Gasteiger partial charge in [-0.15, -0.1) is 0 Å². The zero-order valence-electron chi connectivity index (χ0n) is 19.5. The van der Waals surface area contributed by atoms with Crippen LogP contribution in [0.2, 0.25) is 0 Å². The van der Waals surface area contributed by atoms with Crippen LogP contribution < -0.4 is 24.5 Å². The standard InChI is InChI=1S/C27H20N4O5/c1-16-10-12-30(13-11-16)24-22(21-23(28-29(2)25(21)32)17-6-4-3-5-7-17)26(33)31(27(24)34)18-8-9-19-20(14-18)36-15-35-19/h3-14H,15H2,1-2H3/p+1. The first-order valence-corrected chi connectivity index (χ1v) is 11.3. The van der Waals surface area contributed by atoms with E-state index in [1.807, 2.05) is 49.4 Å². The molecule has 0 aliphatic carbocycles. The number of fused-ring (bicyclic) bond motifs is 1. The second-order valence-electron chi connectivity index (χ2n) is 8.58. The van der Waals surface area contributed by atoms with Crippen LogP contribution in [-0.2, 0) is 16.6 Å². The molecule has 0 unspecified atom stereocenters. The van der Waals surface area contributed by atoms with E-state index in [1.165, 1.54) is 4.68 Å². The highest BCUT2D eigenvalue weighted by Crippen LogP contribution is 2.40. The van der Waals surface area contributed by atoms with Gasteiger partial charge in [0.05, 0.1) is 16.9 Å². The number of nitrogens with zero attached hydrogens (tertiary/aromatic N) is 3. The van der Waals surface area contributed by atoms with Crippen LogP contribution in [0.1, 0.15) is 11.1 Å². The van der Waals surface area contributed by atoms with Crippen molar-refractivity contribution in [3.05, 3.63) is 94.5 Å². The Labute approximate surface area is 205 Å². The number of ether oxygens (including phenoxy) is 2. The van der Waals surface area contributed by atoms with Crippen molar-refractivity contribution in [3.63, 3.8) is 0 Å². The summed E-state index contributed by atoms with van der Waals surface area (Å²) in [6, 6.07) is 17.8. The molecule has 2 aliphatic heterocycles. The van der Waals surface area contributed by atoms with E-state index in [0.29, 0.717) is 28.4 Å². The van der Waals surface area contributed by atoms with Gasteiger partial charge < -0.3 is 9.47 Å². The predicted octanol–water partition coefficient (Wildman–Crippen LogP) is 2.65. The van der Waals surface area contributed by atoms with E-state index in [2.05, 4.69) is 5.10 Å². The minimum Gasteiger partial charge on any atom is -0.454 e. The average Bonchev–Trinajstić information content (AvgIpc) is 3.54. The molecular weight excluding hydrogens is 460 g/mol. The summed E-state index contributed by atoms with van der Waals surface area (Å²) in [5.41, 5.74) is 2.31. The number of H-pyrrole nitrogens is 1. The molecule has 2 amide bonds. The van der Waals surface area contributed by atoms with Crippen molar-refractivity contribution in [3.8, 4) is 22.8 Å². The molecule has 6 rings (SSSR count). The van der Waals surface area contributed by atoms with E-state index in [4.69, 9.17) is 9.47 Å². The lowest BCUT2D eigenvalue weighted by Gasteiger charge is -2.14. The van der Waals surface area contributed by atoms with Crippen LogP contribution >= 0.6 is 0 Å². The van der Waals surface area contributed by atoms with Crippen molar-refractivity contribution in [1.82, 2.24) is 9.78 Å². The molecule has 4 aromatic rings. The maximum Gasteiger partial charge on any atom is 0.331 e. The summed E-state index contributed by atoms with van der Waals surface area (Å²) >= 11 is 0. The van der Waals surface area contributed by atoms with E-state index < -0.39 is 17.4 Å². The number of amides is 2. The number of hydrogen-bond donors (Lipinski definition) is 1. The second kappa shape index (κ2) is 8.09. The Balaban J connectivity index is 1.60. The normalized spacial score (nSPS) is 14.8. The van der Waals surface area contributed by atoms with Crippen molar-refractivity contribution in [2.75, 3.05) is 11.7 Å². The summed E-state index contributed by atoms with van der Waals surface area (Å²) in [6.07, 6.45) is 3.41. The van der Waals surface area contributed by atoms with Crippen LogP contribution in [-0.4, -0.2) is 28.4 Å². The molecule has 9 nitrogen and oxygen atoms in total. The van der Waals surface area contributed by atoms with Gasteiger partial charge in [0.25, 0.3) is 17.2 Å². The van der Waals surface area contributed by atoms with Crippen molar-refractivity contribution in [1.29, 1.82) is 0 Å². The highest BCUT2D eigenvalue weighted by Gasteiger charge is 2.48. The molecule has 0 fully saturated rings. The third-order valence-electron chi connectivity index (χ3n) is 6.29. The van der Waals surface area contributed by atoms with E-state index in [9.17, 15) is 14.4 Å². The number of benzene rings is 2. The highest BCUT2D eigenvalue weighted by atomic mass is 16.7. The molecule has 0 radical (unpaired) electrons. The summed E-state index contributed by atoms with van der Waals surface area (Å²) in [6.45, 7) is 1.99. The number of aryl methyl sites for hydroxylation is 2. The quantitative estimate of drug-likeness (QED) is 0.357. The van der Waals surface area contributed by atoms with Gasteiger partial charge in [-0.3, -0.25) is 24.2 Å². The van der Waals surface area contributed by atoms with Gasteiger partial charge in [0.2, 0.25) is 6.79 Å². The van der Waals surface area contributed by atoms with Crippen molar-refractivity contribution < 1.29 is 23.6 Å². The van der Waals surface area contributed by atoms with Gasteiger partial charge in [0.1, 0.15) is 5.57 Å². The molecule has 0 bridgehead atoms. The molecule has 1 N–H and O–H groups in total. The Kier molecular flexibility index (Phi) is 4.85. The molecule has 36 heavy (non-hydrogen) atoms. The summed E-state index contributed by atoms with van der Waals surface area (Å²) in [5, 5.41) is 3.05. The molecule has 2 aromatic heterocycles. The first kappa shape index (κ1) is 21.6. The molecule has 9 heteroatoms. The fourth-order valence-corrected chi connectivity index (χ4v) is 4.49. The lowest BCUT2D eigenvalue weighted by molar-refractivity contribution is -0.576. The molecular formula is C27H21N4O5+. The number of anilines is 1. The molecule has 0 atom stereocenters. The Morgan fingerprint density at radius 1 is 0.889 bits per heavy atom. The van der Waals surface area contributed by atoms with Gasteiger partial charge in [0, 0.05) is 30.8 Å². The molecule has 178 valence electrons. The number of imide groups is 1. The molecule has 0 saturated heterocycles. The number of hydrogen-bond acceptors (Lipinski definition) is 5. The Hall–Kier alpha value is -4.92. The van der Waals surface area contributed by atoms with Gasteiger partial charge in [-0.05, 0) is 24.6 Å². The molecule has 4 heterocycles. The fourth-order valence-electron chi connectivity index (χ4n) is 4.49. The van der Waals surface area contributed by atoms with Crippen LogP contribution in [0.15, 0.2) is 77.9 Å². The highest BCUT2D eigenvalue weighted by molar-refractivity contribution is 6.53. The number of aromatic amines is 1. The van der Waals surface area contributed by atoms with Crippen LogP contribution in [0, 0.1) is 6.92 Å². The van der Waals surface area contributed by atoms with Crippen LogP contribution in [0.3, 0.4) is 0 Å². The van der Waals surface area contributed by atoms with E-state index in [0.717, 1.165) is 10.5 Å². The summed E-state index contributed by atoms with van der Waals surface area (Å²) in [7, 11) is 1.58. The smallest absolute Gasteiger partial charge is 0.331 e. The van der Waals surface area contributed by atoms with Crippen molar-refractivity contribution >= 4 is 28.8 Å². The van der Waals surface area contributed by atoms with Crippen LogP contribution in [0.5, 0.6) is 11.5 Å². The third kappa shape index (κ3) is 3.24. The van der Waals surface area contributed by atoms with Crippen molar-refractivity contribution in [2.24, 2.45) is 7.05 Å². The third-order valence-corrected chi connectivity index (χ3v) is 6.29. The number of rotatable bonds is 4. The van der Waals surface area contributed by atoms with Gasteiger partial charge in [-0.1, -0.05) is 30.3 Å². The maximum absolute atomic E-state index is 14.0.